The van der Waals surface area contributed by atoms with E-state index < -0.39 is 0 Å². The molecule has 2 aromatic rings. The first kappa shape index (κ1) is 16.0. The molecule has 0 atom stereocenters. The van der Waals surface area contributed by atoms with Gasteiger partial charge in [0.15, 0.2) is 0 Å². The highest BCUT2D eigenvalue weighted by molar-refractivity contribution is 6.12. The molecule has 1 aliphatic heterocycles. The Morgan fingerprint density at radius 3 is 2.58 bits per heavy atom. The molecule has 2 N–H and O–H groups in total. The minimum absolute atomic E-state index is 0.103. The smallest absolute Gasteiger partial charge is 0.275 e. The number of halogens is 1. The highest BCUT2D eigenvalue weighted by atomic mass is 19.1. The van der Waals surface area contributed by atoms with Crippen molar-refractivity contribution >= 4 is 5.71 Å². The summed E-state index contributed by atoms with van der Waals surface area (Å²) in [7, 11) is 0. The lowest BCUT2D eigenvalue weighted by Gasteiger charge is -2.09. The highest BCUT2D eigenvalue weighted by Gasteiger charge is 2.26. The minimum Gasteiger partial charge on any atom is -0.384 e. The Morgan fingerprint density at radius 2 is 1.96 bits per heavy atom. The number of aromatic nitrogens is 2. The lowest BCUT2D eigenvalue weighted by Crippen LogP contribution is -2.17. The van der Waals surface area contributed by atoms with Gasteiger partial charge in [-0.1, -0.05) is 24.8 Å². The Kier molecular flexibility index (Phi) is 4.20. The number of nitrogens with two attached hydrogens (primary N) is 1. The van der Waals surface area contributed by atoms with Gasteiger partial charge in [-0.05, 0) is 37.1 Å². The fourth-order valence-corrected chi connectivity index (χ4v) is 3.03. The fraction of sp³-hybridized carbons (Fsp3) is 0.222. The van der Waals surface area contributed by atoms with Gasteiger partial charge in [0.1, 0.15) is 11.6 Å². The van der Waals surface area contributed by atoms with Crippen molar-refractivity contribution in [1.29, 1.82) is 0 Å². The normalized spacial score (nSPS) is 14.3. The molecule has 3 rings (SSSR count). The van der Waals surface area contributed by atoms with Gasteiger partial charge < -0.3 is 5.73 Å². The molecule has 0 amide bonds. The summed E-state index contributed by atoms with van der Waals surface area (Å²) in [5.74, 6) is -0.177. The molecule has 0 fully saturated rings. The Bertz CT molecular complexity index is 900. The summed E-state index contributed by atoms with van der Waals surface area (Å²) in [4.78, 5) is 17.2. The van der Waals surface area contributed by atoms with E-state index in [2.05, 4.69) is 11.6 Å². The van der Waals surface area contributed by atoms with Crippen LogP contribution in [0, 0.1) is 5.82 Å². The van der Waals surface area contributed by atoms with Crippen molar-refractivity contribution in [3.63, 3.8) is 0 Å². The standard InChI is InChI=1S/C18H19FN4O/c1-3-5-15(21-12(2)20)17-16(13-6-8-14(19)9-7-13)18(24)23-11-4-10-22(17)23/h3,5-9H,2,4,10-11,20H2,1H3/b5-3-,21-15+. The second-order valence-electron chi connectivity index (χ2n) is 5.62. The van der Waals surface area contributed by atoms with Crippen LogP contribution in [0.25, 0.3) is 11.1 Å². The van der Waals surface area contributed by atoms with E-state index in [1.54, 1.807) is 22.9 Å². The van der Waals surface area contributed by atoms with Crippen molar-refractivity contribution in [1.82, 2.24) is 9.36 Å². The molecule has 6 heteroatoms. The number of aliphatic imine (C=N–C) groups is 1. The largest absolute Gasteiger partial charge is 0.384 e. The molecule has 0 spiro atoms. The average Bonchev–Trinajstić information content (AvgIpc) is 3.10. The maximum absolute atomic E-state index is 13.3. The van der Waals surface area contributed by atoms with Crippen LogP contribution in [0.5, 0.6) is 0 Å². The van der Waals surface area contributed by atoms with E-state index in [4.69, 9.17) is 5.73 Å². The molecule has 2 heterocycles. The van der Waals surface area contributed by atoms with Crippen molar-refractivity contribution in [2.75, 3.05) is 0 Å². The second kappa shape index (κ2) is 6.31. The molecule has 0 saturated carbocycles. The lowest BCUT2D eigenvalue weighted by atomic mass is 10.0. The summed E-state index contributed by atoms with van der Waals surface area (Å²) in [5.41, 5.74) is 7.98. The van der Waals surface area contributed by atoms with Crippen LogP contribution in [0.1, 0.15) is 19.0 Å². The third-order valence-electron chi connectivity index (χ3n) is 3.94. The van der Waals surface area contributed by atoms with Crippen LogP contribution in [0.2, 0.25) is 0 Å². The predicted octanol–water partition coefficient (Wildman–Crippen LogP) is 2.65. The van der Waals surface area contributed by atoms with Crippen LogP contribution in [0.15, 0.2) is 58.6 Å². The van der Waals surface area contributed by atoms with Crippen LogP contribution >= 0.6 is 0 Å². The molecular formula is C18H19FN4O. The first-order valence-electron chi connectivity index (χ1n) is 7.78. The Hall–Kier alpha value is -2.89. The predicted molar refractivity (Wildman–Crippen MR) is 93.4 cm³/mol. The number of hydrogen-bond donors (Lipinski definition) is 1. The Labute approximate surface area is 139 Å². The molecular weight excluding hydrogens is 307 g/mol. The van der Waals surface area contributed by atoms with Gasteiger partial charge in [-0.3, -0.25) is 9.48 Å². The molecule has 1 aromatic heterocycles. The van der Waals surface area contributed by atoms with E-state index in [0.717, 1.165) is 13.0 Å². The van der Waals surface area contributed by atoms with E-state index in [9.17, 15) is 9.18 Å². The SMILES string of the molecule is C=C(N)/N=C(\C=C/C)c1c(-c2ccc(F)cc2)c(=O)n2n1CCC2. The van der Waals surface area contributed by atoms with Crippen LogP contribution in [-0.4, -0.2) is 15.1 Å². The third kappa shape index (κ3) is 2.71. The van der Waals surface area contributed by atoms with Gasteiger partial charge in [0.25, 0.3) is 5.56 Å². The van der Waals surface area contributed by atoms with Gasteiger partial charge in [0.2, 0.25) is 0 Å². The zero-order valence-corrected chi connectivity index (χ0v) is 13.5. The third-order valence-corrected chi connectivity index (χ3v) is 3.94. The molecule has 0 radical (unpaired) electrons. The van der Waals surface area contributed by atoms with Crippen molar-refractivity contribution in [2.24, 2.45) is 10.7 Å². The Balaban J connectivity index is 2.32. The second-order valence-corrected chi connectivity index (χ2v) is 5.62. The summed E-state index contributed by atoms with van der Waals surface area (Å²) >= 11 is 0. The molecule has 1 aromatic carbocycles. The van der Waals surface area contributed by atoms with E-state index in [1.807, 2.05) is 17.7 Å². The first-order chi connectivity index (χ1) is 11.5. The van der Waals surface area contributed by atoms with E-state index >= 15 is 0 Å². The van der Waals surface area contributed by atoms with Crippen LogP contribution in [-0.2, 0) is 13.1 Å². The molecule has 0 bridgehead atoms. The maximum Gasteiger partial charge on any atom is 0.275 e. The van der Waals surface area contributed by atoms with Crippen molar-refractivity contribution in [2.45, 2.75) is 26.4 Å². The van der Waals surface area contributed by atoms with Crippen LogP contribution in [0.3, 0.4) is 0 Å². The first-order valence-corrected chi connectivity index (χ1v) is 7.78. The number of fused-ring (bicyclic) bond motifs is 1. The molecule has 0 aliphatic carbocycles. The van der Waals surface area contributed by atoms with Gasteiger partial charge in [-0.25, -0.2) is 14.1 Å². The lowest BCUT2D eigenvalue weighted by molar-refractivity contribution is 0.591. The van der Waals surface area contributed by atoms with Gasteiger partial charge >= 0.3 is 0 Å². The molecule has 0 unspecified atom stereocenters. The van der Waals surface area contributed by atoms with Crippen molar-refractivity contribution in [3.8, 4) is 11.1 Å². The van der Waals surface area contributed by atoms with Gasteiger partial charge in [-0.2, -0.15) is 0 Å². The minimum atomic E-state index is -0.343. The van der Waals surface area contributed by atoms with Crippen LogP contribution < -0.4 is 11.3 Å². The number of nitrogens with zero attached hydrogens (tertiary/aromatic N) is 3. The highest BCUT2D eigenvalue weighted by Crippen LogP contribution is 2.25. The summed E-state index contributed by atoms with van der Waals surface area (Å²) in [6.07, 6.45) is 4.52. The van der Waals surface area contributed by atoms with E-state index in [0.29, 0.717) is 29.1 Å². The summed E-state index contributed by atoms with van der Waals surface area (Å²) < 4.78 is 16.9. The van der Waals surface area contributed by atoms with E-state index in [-0.39, 0.29) is 17.2 Å². The summed E-state index contributed by atoms with van der Waals surface area (Å²) in [6, 6.07) is 5.91. The zero-order chi connectivity index (χ0) is 17.3. The maximum atomic E-state index is 13.3. The zero-order valence-electron chi connectivity index (χ0n) is 13.5. The fourth-order valence-electron chi connectivity index (χ4n) is 3.03. The van der Waals surface area contributed by atoms with Crippen LogP contribution in [0.4, 0.5) is 4.39 Å². The molecule has 5 nitrogen and oxygen atoms in total. The van der Waals surface area contributed by atoms with Gasteiger partial charge in [0, 0.05) is 13.1 Å². The van der Waals surface area contributed by atoms with Crippen molar-refractivity contribution in [3.05, 3.63) is 70.7 Å². The number of allylic oxidation sites excluding steroid dienone is 2. The Morgan fingerprint density at radius 1 is 1.29 bits per heavy atom. The van der Waals surface area contributed by atoms with Crippen molar-refractivity contribution < 1.29 is 4.39 Å². The molecule has 1 aliphatic rings. The number of hydrogen-bond acceptors (Lipinski definition) is 3. The average molecular weight is 326 g/mol. The topological polar surface area (TPSA) is 65.3 Å². The monoisotopic (exact) mass is 326 g/mol. The summed E-state index contributed by atoms with van der Waals surface area (Å²) in [5, 5.41) is 0. The number of rotatable bonds is 4. The molecule has 124 valence electrons. The quantitative estimate of drug-likeness (QED) is 0.878. The van der Waals surface area contributed by atoms with Gasteiger partial charge in [0.05, 0.1) is 17.0 Å². The number of benzene rings is 1. The van der Waals surface area contributed by atoms with Gasteiger partial charge in [-0.15, -0.1) is 0 Å². The molecule has 0 saturated heterocycles. The molecule has 24 heavy (non-hydrogen) atoms. The summed E-state index contributed by atoms with van der Waals surface area (Å²) in [6.45, 7) is 6.87. The van der Waals surface area contributed by atoms with E-state index in [1.165, 1.54) is 12.1 Å².